The molecule has 0 aromatic carbocycles. The second kappa shape index (κ2) is 10.0. The highest BCUT2D eigenvalue weighted by Gasteiger charge is 2.25. The average Bonchev–Trinajstić information content (AvgIpc) is 2.31. The molecular weight excluding hydrogens is 283 g/mol. The van der Waals surface area contributed by atoms with Gasteiger partial charge in [-0.25, -0.2) is 0 Å². The van der Waals surface area contributed by atoms with Gasteiger partial charge in [-0.1, -0.05) is 0 Å². The molecule has 0 aliphatic carbocycles. The lowest BCUT2D eigenvalue weighted by molar-refractivity contribution is 0.557. The molecule has 0 heterocycles. The fourth-order valence-corrected chi connectivity index (χ4v) is 0.358. The van der Waals surface area contributed by atoms with E-state index in [0.29, 0.717) is 0 Å². The summed E-state index contributed by atoms with van der Waals surface area (Å²) in [4.78, 5) is 0. The molecule has 10 heteroatoms. The summed E-state index contributed by atoms with van der Waals surface area (Å²) in [6.07, 6.45) is 0. The van der Waals surface area contributed by atoms with E-state index in [0.717, 1.165) is 0 Å². The molecule has 0 saturated heterocycles. The predicted octanol–water partition coefficient (Wildman–Crippen LogP) is 1.13. The highest BCUT2D eigenvalue weighted by molar-refractivity contribution is 6.05. The highest BCUT2D eigenvalue weighted by Crippen LogP contribution is 2.15. The molecule has 8 N–H and O–H groups in total. The second-order valence-electron chi connectivity index (χ2n) is 4.15. The Balaban J connectivity index is -0.000000506. The van der Waals surface area contributed by atoms with Gasteiger partial charge in [-0.05, 0) is 27.7 Å². The molecule has 0 amide bonds. The number of nitrogens with one attached hydrogen (secondary N) is 2. The molecule has 0 spiro atoms. The molecule has 0 unspecified atom stereocenters. The molecule has 0 aliphatic heterocycles. The Morgan fingerprint density at radius 3 is 1.11 bits per heavy atom. The molecular formula is C8H20Cl2N6O2. The van der Waals surface area contributed by atoms with Crippen LogP contribution < -0.4 is 11.5 Å². The number of amidine groups is 2. The molecule has 108 valence electrons. The smallest absolute Gasteiger partial charge is 0.132 e. The molecule has 18 heavy (non-hydrogen) atoms. The first-order chi connectivity index (χ1) is 8.09. The van der Waals surface area contributed by atoms with Crippen molar-refractivity contribution in [2.75, 3.05) is 0 Å². The Bertz CT molecular complexity index is 265. The Hall–Kier alpha value is -0.960. The topological polar surface area (TPSA) is 165 Å². The van der Waals surface area contributed by atoms with Crippen LogP contribution >= 0.6 is 23.7 Å². The summed E-state index contributed by atoms with van der Waals surface area (Å²) in [7, 11) is 0. The maximum Gasteiger partial charge on any atom is 0.132 e. The third kappa shape index (κ3) is 9.11. The zero-order valence-corrected chi connectivity index (χ0v) is 12.2. The van der Waals surface area contributed by atoms with Crippen LogP contribution in [0.3, 0.4) is 0 Å². The summed E-state index contributed by atoms with van der Waals surface area (Å²) in [6, 6.07) is 0. The molecule has 0 rings (SSSR count). The first kappa shape index (κ1) is 22.2. The third-order valence-electron chi connectivity index (χ3n) is 1.87. The Morgan fingerprint density at radius 2 is 1.00 bits per heavy atom. The van der Waals surface area contributed by atoms with E-state index in [9.17, 15) is 0 Å². The molecule has 0 bridgehead atoms. The molecule has 0 aliphatic rings. The van der Waals surface area contributed by atoms with Crippen LogP contribution in [-0.4, -0.2) is 32.1 Å². The number of nitrogens with two attached hydrogens (primary N) is 2. The summed E-state index contributed by atoms with van der Waals surface area (Å²) < 4.78 is 12.9. The largest absolute Gasteiger partial charge is 0.386 e. The van der Waals surface area contributed by atoms with Gasteiger partial charge in [-0.15, -0.1) is 0 Å². The minimum absolute atomic E-state index is 0.0689. The van der Waals surface area contributed by atoms with E-state index in [1.165, 1.54) is 0 Å². The van der Waals surface area contributed by atoms with Crippen LogP contribution in [0.15, 0.2) is 10.2 Å². The normalized spacial score (nSPS) is 10.9. The lowest BCUT2D eigenvalue weighted by atomic mass is 10.1. The van der Waals surface area contributed by atoms with Crippen molar-refractivity contribution in [1.29, 1.82) is 10.8 Å². The van der Waals surface area contributed by atoms with Gasteiger partial charge >= 0.3 is 0 Å². The van der Waals surface area contributed by atoms with Gasteiger partial charge in [0.05, 0.1) is 23.7 Å². The fourth-order valence-electron chi connectivity index (χ4n) is 0.358. The van der Waals surface area contributed by atoms with Crippen LogP contribution in [-0.2, 0) is 0 Å². The van der Waals surface area contributed by atoms with E-state index in [1.54, 1.807) is 27.7 Å². The van der Waals surface area contributed by atoms with E-state index in [4.69, 9.17) is 31.6 Å². The number of hydrogen-bond acceptors (Lipinski definition) is 6. The van der Waals surface area contributed by atoms with Crippen molar-refractivity contribution >= 4 is 35.4 Å². The molecule has 8 nitrogen and oxygen atoms in total. The van der Waals surface area contributed by atoms with Crippen molar-refractivity contribution in [3.8, 4) is 0 Å². The van der Waals surface area contributed by atoms with E-state index >= 15 is 0 Å². The SMILES string of the molecule is CC(C)(N=NC(C)(C)C(=N)N)C(=N)N.OCl.OCl. The third-order valence-corrected chi connectivity index (χ3v) is 1.87. The fraction of sp³-hybridized carbons (Fsp3) is 0.750. The van der Waals surface area contributed by atoms with Crippen molar-refractivity contribution in [3.63, 3.8) is 0 Å². The number of rotatable bonds is 4. The maximum absolute atomic E-state index is 7.25. The number of hydrogen-bond donors (Lipinski definition) is 6. The van der Waals surface area contributed by atoms with Gasteiger partial charge in [-0.2, -0.15) is 10.2 Å². The van der Waals surface area contributed by atoms with Crippen LogP contribution in [0.5, 0.6) is 0 Å². The lowest BCUT2D eigenvalue weighted by Gasteiger charge is -2.20. The lowest BCUT2D eigenvalue weighted by Crippen LogP contribution is -2.38. The molecule has 0 aromatic rings. The number of azo groups is 1. The van der Waals surface area contributed by atoms with Crippen LogP contribution in [0.4, 0.5) is 0 Å². The van der Waals surface area contributed by atoms with E-state index in [-0.39, 0.29) is 11.7 Å². The van der Waals surface area contributed by atoms with Crippen molar-refractivity contribution in [3.05, 3.63) is 0 Å². The number of nitrogens with zero attached hydrogens (tertiary/aromatic N) is 2. The van der Waals surface area contributed by atoms with Crippen molar-refractivity contribution in [2.24, 2.45) is 21.7 Å². The van der Waals surface area contributed by atoms with Crippen LogP contribution in [0, 0.1) is 10.8 Å². The molecule has 0 aromatic heterocycles. The number of halogens is 2. The zero-order valence-electron chi connectivity index (χ0n) is 10.7. The first-order valence-corrected chi connectivity index (χ1v) is 5.24. The summed E-state index contributed by atoms with van der Waals surface area (Å²) >= 11 is 7.28. The Morgan fingerprint density at radius 1 is 0.833 bits per heavy atom. The highest BCUT2D eigenvalue weighted by atomic mass is 35.5. The maximum atomic E-state index is 7.25. The standard InChI is InChI=1S/C8H18N6.2ClHO/c1-7(2,5(9)10)13-14-8(3,4)6(11)12;2*1-2/h1-4H3,(H3,9,10)(H3,11,12);2*2H. The minimum Gasteiger partial charge on any atom is -0.386 e. The van der Waals surface area contributed by atoms with Gasteiger partial charge in [0.1, 0.15) is 22.7 Å². The Kier molecular flexibility index (Phi) is 12.4. The molecule has 0 atom stereocenters. The predicted molar refractivity (Wildman–Crippen MR) is 73.0 cm³/mol. The van der Waals surface area contributed by atoms with Gasteiger partial charge in [0.15, 0.2) is 0 Å². The second-order valence-corrected chi connectivity index (χ2v) is 4.15. The molecule has 0 fully saturated rings. The first-order valence-electron chi connectivity index (χ1n) is 4.56. The summed E-state index contributed by atoms with van der Waals surface area (Å²) in [5.41, 5.74) is 8.96. The van der Waals surface area contributed by atoms with Crippen LogP contribution in [0.2, 0.25) is 0 Å². The molecule has 0 radical (unpaired) electrons. The monoisotopic (exact) mass is 302 g/mol. The van der Waals surface area contributed by atoms with Gasteiger partial charge < -0.3 is 11.5 Å². The zero-order chi connectivity index (χ0) is 15.6. The average molecular weight is 303 g/mol. The van der Waals surface area contributed by atoms with Crippen molar-refractivity contribution < 1.29 is 9.32 Å². The van der Waals surface area contributed by atoms with E-state index in [1.807, 2.05) is 0 Å². The van der Waals surface area contributed by atoms with Gasteiger partial charge in [-0.3, -0.25) is 20.1 Å². The van der Waals surface area contributed by atoms with Crippen molar-refractivity contribution in [2.45, 2.75) is 38.8 Å². The van der Waals surface area contributed by atoms with Crippen molar-refractivity contribution in [1.82, 2.24) is 0 Å². The van der Waals surface area contributed by atoms with E-state index < -0.39 is 11.1 Å². The van der Waals surface area contributed by atoms with Gasteiger partial charge in [0.2, 0.25) is 0 Å². The summed E-state index contributed by atoms with van der Waals surface area (Å²) in [5, 5.41) is 22.3. The summed E-state index contributed by atoms with van der Waals surface area (Å²) in [5.74, 6) is -0.138. The minimum atomic E-state index is -0.841. The molecule has 0 saturated carbocycles. The van der Waals surface area contributed by atoms with Crippen LogP contribution in [0.1, 0.15) is 27.7 Å². The van der Waals surface area contributed by atoms with Gasteiger partial charge in [0.25, 0.3) is 0 Å². The van der Waals surface area contributed by atoms with E-state index in [2.05, 4.69) is 34.0 Å². The quantitative estimate of drug-likeness (QED) is 0.260. The Labute approximate surface area is 116 Å². The van der Waals surface area contributed by atoms with Gasteiger partial charge in [0, 0.05) is 0 Å². The summed E-state index contributed by atoms with van der Waals surface area (Å²) in [6.45, 7) is 6.70. The van der Waals surface area contributed by atoms with Crippen LogP contribution in [0.25, 0.3) is 0 Å².